The van der Waals surface area contributed by atoms with Gasteiger partial charge >= 0.3 is 0 Å². The number of methoxy groups -OCH3 is 3. The summed E-state index contributed by atoms with van der Waals surface area (Å²) in [6.45, 7) is 9.85. The molecule has 1 amide bonds. The lowest BCUT2D eigenvalue weighted by Gasteiger charge is -2.43. The van der Waals surface area contributed by atoms with Crippen molar-refractivity contribution in [1.82, 2.24) is 24.2 Å². The van der Waals surface area contributed by atoms with Crippen LogP contribution in [-0.4, -0.2) is 104 Å². The summed E-state index contributed by atoms with van der Waals surface area (Å²) in [5.41, 5.74) is 5.72. The average Bonchev–Trinajstić information content (AvgIpc) is 3.66. The fourth-order valence-corrected chi connectivity index (χ4v) is 7.99. The van der Waals surface area contributed by atoms with Crippen LogP contribution in [0, 0.1) is 0 Å². The smallest absolute Gasteiger partial charge is 0.247 e. The molecule has 2 saturated heterocycles. The van der Waals surface area contributed by atoms with Crippen molar-refractivity contribution in [3.63, 3.8) is 0 Å². The van der Waals surface area contributed by atoms with E-state index in [9.17, 15) is 4.79 Å². The molecule has 51 heavy (non-hydrogen) atoms. The van der Waals surface area contributed by atoms with Crippen LogP contribution in [-0.2, 0) is 4.79 Å². The van der Waals surface area contributed by atoms with Crippen LogP contribution >= 0.6 is 23.2 Å². The Bertz CT molecular complexity index is 2090. The van der Waals surface area contributed by atoms with Gasteiger partial charge in [-0.3, -0.25) is 19.1 Å². The molecule has 5 heterocycles. The predicted molar refractivity (Wildman–Crippen MR) is 204 cm³/mol. The largest absolute Gasteiger partial charge is 0.496 e. The van der Waals surface area contributed by atoms with E-state index in [2.05, 4.69) is 38.6 Å². The lowest BCUT2D eigenvalue weighted by atomic mass is 9.99. The first-order chi connectivity index (χ1) is 24.7. The Morgan fingerprint density at radius 1 is 0.882 bits per heavy atom. The Hall–Kier alpha value is -4.55. The highest BCUT2D eigenvalue weighted by Crippen LogP contribution is 2.48. The molecule has 2 aromatic carbocycles. The molecule has 11 nitrogen and oxygen atoms in total. The average molecular weight is 731 g/mol. The molecule has 0 unspecified atom stereocenters. The monoisotopic (exact) mass is 729 g/mol. The molecule has 2 aliphatic heterocycles. The zero-order chi connectivity index (χ0) is 35.8. The highest BCUT2D eigenvalue weighted by atomic mass is 35.5. The highest BCUT2D eigenvalue weighted by Gasteiger charge is 2.29. The molecule has 2 aliphatic rings. The number of nitrogens with zero attached hydrogens (tertiary/aromatic N) is 6. The lowest BCUT2D eigenvalue weighted by molar-refractivity contribution is -0.111. The Balaban J connectivity index is 1.28. The number of piperazine rings is 1. The fourth-order valence-electron chi connectivity index (χ4n) is 7.29. The number of hydrogen-bond donors (Lipinski definition) is 1. The van der Waals surface area contributed by atoms with Gasteiger partial charge in [-0.2, -0.15) is 0 Å². The van der Waals surface area contributed by atoms with Crippen LogP contribution < -0.4 is 24.4 Å². The molecule has 0 spiro atoms. The number of imidazole rings is 1. The standard InChI is InChI=1S/C38H41Cl2N7O4/c1-6-34(48)43-28-18-25(31(49-3)20-30(28)46-10-7-24(8-11-46)45-15-13-44(2)14-16-45)27-19-29-23(22-42-27)17-26(38-41-9-12-47(29)38)35-36(39)32(50-4)21-33(51-5)37(35)40/h6,9,12,17-22,24H,1,7-8,10-11,13-16H2,2-5H3,(H,43,48). The van der Waals surface area contributed by atoms with Crippen LogP contribution in [0.1, 0.15) is 12.8 Å². The zero-order valence-corrected chi connectivity index (χ0v) is 30.7. The summed E-state index contributed by atoms with van der Waals surface area (Å²) in [6, 6.07) is 10.1. The molecule has 7 rings (SSSR count). The van der Waals surface area contributed by atoms with Gasteiger partial charge in [0.15, 0.2) is 0 Å². The number of pyridine rings is 2. The number of benzene rings is 2. The minimum atomic E-state index is -0.287. The van der Waals surface area contributed by atoms with Crippen molar-refractivity contribution in [1.29, 1.82) is 0 Å². The number of hydrogen-bond acceptors (Lipinski definition) is 9. The molecular weight excluding hydrogens is 689 g/mol. The van der Waals surface area contributed by atoms with Gasteiger partial charge in [0.1, 0.15) is 22.9 Å². The van der Waals surface area contributed by atoms with E-state index in [1.54, 1.807) is 39.8 Å². The molecule has 1 N–H and O–H groups in total. The lowest BCUT2D eigenvalue weighted by Crippen LogP contribution is -2.52. The molecule has 266 valence electrons. The number of likely N-dealkylation sites (N-methyl/N-ethyl adjacent to an activating group) is 1. The highest BCUT2D eigenvalue weighted by molar-refractivity contribution is 6.41. The topological polar surface area (TPSA) is 96.7 Å². The van der Waals surface area contributed by atoms with Gasteiger partial charge in [0.05, 0.1) is 54.0 Å². The molecular formula is C38H41Cl2N7O4. The number of ether oxygens (including phenoxy) is 3. The first kappa shape index (κ1) is 34.9. The Kier molecular flexibility index (Phi) is 9.98. The van der Waals surface area contributed by atoms with Gasteiger partial charge in [0.2, 0.25) is 5.91 Å². The van der Waals surface area contributed by atoms with Crippen LogP contribution in [0.5, 0.6) is 17.2 Å². The Labute approximate surface area is 307 Å². The Morgan fingerprint density at radius 2 is 1.57 bits per heavy atom. The fraction of sp³-hybridized carbons (Fsp3) is 0.342. The van der Waals surface area contributed by atoms with Crippen LogP contribution in [0.15, 0.2) is 61.6 Å². The number of piperidine rings is 1. The van der Waals surface area contributed by atoms with E-state index in [0.717, 1.165) is 74.3 Å². The molecule has 0 aliphatic carbocycles. The normalized spacial score (nSPS) is 16.1. The molecule has 5 aromatic rings. The van der Waals surface area contributed by atoms with Crippen LogP contribution in [0.25, 0.3) is 38.9 Å². The van der Waals surface area contributed by atoms with Gasteiger partial charge in [-0.05, 0) is 44.2 Å². The molecule has 3 aromatic heterocycles. The van der Waals surface area contributed by atoms with Crippen LogP contribution in [0.4, 0.5) is 11.4 Å². The van der Waals surface area contributed by atoms with E-state index < -0.39 is 0 Å². The zero-order valence-electron chi connectivity index (χ0n) is 29.2. The molecule has 0 bridgehead atoms. The molecule has 0 radical (unpaired) electrons. The number of fused-ring (bicyclic) bond motifs is 3. The molecule has 0 atom stereocenters. The van der Waals surface area contributed by atoms with Crippen molar-refractivity contribution in [2.45, 2.75) is 18.9 Å². The number of rotatable bonds is 9. The van der Waals surface area contributed by atoms with Gasteiger partial charge < -0.3 is 29.3 Å². The summed E-state index contributed by atoms with van der Waals surface area (Å²) in [6.07, 6.45) is 8.79. The van der Waals surface area contributed by atoms with E-state index in [1.807, 2.05) is 34.9 Å². The first-order valence-electron chi connectivity index (χ1n) is 16.9. The van der Waals surface area contributed by atoms with E-state index in [-0.39, 0.29) is 5.91 Å². The SMILES string of the molecule is C=CC(=O)Nc1cc(-c2cc3c(cn2)cc(-c2c(Cl)c(OC)cc(OC)c2Cl)c2nccn23)c(OC)cc1N1CCC(N2CCN(C)CC2)CC1. The summed E-state index contributed by atoms with van der Waals surface area (Å²) in [5, 5.41) is 4.58. The first-order valence-corrected chi connectivity index (χ1v) is 17.7. The van der Waals surface area contributed by atoms with Crippen molar-refractivity contribution in [3.05, 3.63) is 71.6 Å². The van der Waals surface area contributed by atoms with Gasteiger partial charge in [-0.1, -0.05) is 29.8 Å². The van der Waals surface area contributed by atoms with Crippen LogP contribution in [0.3, 0.4) is 0 Å². The maximum Gasteiger partial charge on any atom is 0.247 e. The van der Waals surface area contributed by atoms with Gasteiger partial charge in [0, 0.05) is 98.1 Å². The summed E-state index contributed by atoms with van der Waals surface area (Å²) in [7, 11) is 6.93. The number of nitrogens with one attached hydrogen (secondary N) is 1. The summed E-state index contributed by atoms with van der Waals surface area (Å²) in [5.74, 6) is 1.22. The van der Waals surface area contributed by atoms with Crippen molar-refractivity contribution < 1.29 is 19.0 Å². The van der Waals surface area contributed by atoms with Crippen molar-refractivity contribution in [2.24, 2.45) is 0 Å². The molecule has 0 saturated carbocycles. The van der Waals surface area contributed by atoms with Crippen molar-refractivity contribution in [3.8, 4) is 39.6 Å². The molecule has 13 heteroatoms. The predicted octanol–water partition coefficient (Wildman–Crippen LogP) is 6.89. The van der Waals surface area contributed by atoms with Gasteiger partial charge in [0.25, 0.3) is 0 Å². The number of amides is 1. The van der Waals surface area contributed by atoms with E-state index in [4.69, 9.17) is 42.4 Å². The van der Waals surface area contributed by atoms with E-state index in [0.29, 0.717) is 61.5 Å². The van der Waals surface area contributed by atoms with E-state index >= 15 is 0 Å². The summed E-state index contributed by atoms with van der Waals surface area (Å²) in [4.78, 5) is 29.7. The van der Waals surface area contributed by atoms with Gasteiger partial charge in [-0.15, -0.1) is 0 Å². The second kappa shape index (κ2) is 14.6. The summed E-state index contributed by atoms with van der Waals surface area (Å²) < 4.78 is 19.0. The minimum absolute atomic E-state index is 0.287. The van der Waals surface area contributed by atoms with Crippen LogP contribution in [0.2, 0.25) is 10.0 Å². The number of aromatic nitrogens is 3. The summed E-state index contributed by atoms with van der Waals surface area (Å²) >= 11 is 13.7. The Morgan fingerprint density at radius 3 is 2.22 bits per heavy atom. The third kappa shape index (κ3) is 6.55. The second-order valence-electron chi connectivity index (χ2n) is 12.9. The maximum atomic E-state index is 12.7. The quantitative estimate of drug-likeness (QED) is 0.163. The van der Waals surface area contributed by atoms with Crippen molar-refractivity contribution in [2.75, 3.05) is 77.9 Å². The molecule has 2 fully saturated rings. The number of carbonyl (C=O) groups excluding carboxylic acids is 1. The van der Waals surface area contributed by atoms with Crippen molar-refractivity contribution >= 4 is 57.0 Å². The third-order valence-corrected chi connectivity index (χ3v) is 10.8. The second-order valence-corrected chi connectivity index (χ2v) is 13.7. The number of anilines is 2. The number of halogens is 2. The van der Waals surface area contributed by atoms with Gasteiger partial charge in [-0.25, -0.2) is 4.98 Å². The minimum Gasteiger partial charge on any atom is -0.496 e. The van der Waals surface area contributed by atoms with E-state index in [1.165, 1.54) is 6.08 Å². The third-order valence-electron chi connectivity index (χ3n) is 10.1. The maximum absolute atomic E-state index is 12.7. The number of carbonyl (C=O) groups is 1.